The lowest BCUT2D eigenvalue weighted by Gasteiger charge is -2.17. The fourth-order valence-corrected chi connectivity index (χ4v) is 2.51. The lowest BCUT2D eigenvalue weighted by Crippen LogP contribution is -2.32. The average Bonchev–Trinajstić information content (AvgIpc) is 2.58. The molecule has 1 aromatic heterocycles. The van der Waals surface area contributed by atoms with E-state index in [0.29, 0.717) is 5.92 Å². The van der Waals surface area contributed by atoms with Gasteiger partial charge in [-0.25, -0.2) is 0 Å². The molecule has 2 N–H and O–H groups in total. The van der Waals surface area contributed by atoms with Crippen molar-refractivity contribution in [3.8, 4) is 0 Å². The normalized spacial score (nSPS) is 13.4. The molecule has 0 amide bonds. The Morgan fingerprint density at radius 1 is 1.53 bits per heavy atom. The van der Waals surface area contributed by atoms with E-state index in [0.717, 1.165) is 18.0 Å². The Kier molecular flexibility index (Phi) is 5.61. The van der Waals surface area contributed by atoms with Crippen LogP contribution in [0.3, 0.4) is 0 Å². The quantitative estimate of drug-likeness (QED) is 0.810. The first kappa shape index (κ1) is 13.0. The van der Waals surface area contributed by atoms with Gasteiger partial charge in [0.15, 0.2) is 0 Å². The van der Waals surface area contributed by atoms with Crippen LogP contribution in [0, 0.1) is 5.92 Å². The molecular weight excluding hydrogens is 230 g/mol. The molecule has 1 heterocycles. The molecule has 86 valence electrons. The molecule has 0 radical (unpaired) electrons. The summed E-state index contributed by atoms with van der Waals surface area (Å²) in [6, 6.07) is 2.15. The highest BCUT2D eigenvalue weighted by Gasteiger charge is 2.09. The predicted octanol–water partition coefficient (Wildman–Crippen LogP) is 2.90. The lowest BCUT2D eigenvalue weighted by molar-refractivity contribution is 0.224. The Hall–Kier alpha value is -0.0900. The van der Waals surface area contributed by atoms with Gasteiger partial charge in [-0.2, -0.15) is 0 Å². The number of nitrogens with one attached hydrogen (secondary N) is 1. The van der Waals surface area contributed by atoms with Gasteiger partial charge in [0.05, 0.1) is 11.6 Å². The summed E-state index contributed by atoms with van der Waals surface area (Å²) in [5, 5.41) is 15.2. The summed E-state index contributed by atoms with van der Waals surface area (Å²) in [5.41, 5.74) is 0. The summed E-state index contributed by atoms with van der Waals surface area (Å²) in [4.78, 5) is 1.21. The van der Waals surface area contributed by atoms with E-state index >= 15 is 0 Å². The average molecular weight is 248 g/mol. The first-order valence-corrected chi connectivity index (χ1v) is 6.44. The summed E-state index contributed by atoms with van der Waals surface area (Å²) in [6.07, 6.45) is 0.996. The van der Waals surface area contributed by atoms with Gasteiger partial charge >= 0.3 is 0 Å². The van der Waals surface area contributed by atoms with Crippen LogP contribution in [-0.2, 0) is 6.54 Å². The Labute approximate surface area is 100 Å². The van der Waals surface area contributed by atoms with Crippen molar-refractivity contribution in [2.75, 3.05) is 6.61 Å². The molecule has 0 fully saturated rings. The number of hydrogen-bond acceptors (Lipinski definition) is 3. The Bertz CT molecular complexity index is 288. The first-order valence-electron chi connectivity index (χ1n) is 5.19. The minimum Gasteiger partial charge on any atom is -0.395 e. The molecule has 0 bridgehead atoms. The largest absolute Gasteiger partial charge is 0.395 e. The third-order valence-electron chi connectivity index (χ3n) is 2.16. The van der Waals surface area contributed by atoms with Crippen molar-refractivity contribution < 1.29 is 5.11 Å². The SMILES string of the molecule is CC(C)CC(CO)NCc1cc(Cl)cs1. The molecule has 0 saturated carbocycles. The fraction of sp³-hybridized carbons (Fsp3) is 0.636. The van der Waals surface area contributed by atoms with Crippen LogP contribution in [0.4, 0.5) is 0 Å². The van der Waals surface area contributed by atoms with E-state index in [-0.39, 0.29) is 12.6 Å². The highest BCUT2D eigenvalue weighted by molar-refractivity contribution is 7.10. The minimum absolute atomic E-state index is 0.186. The highest BCUT2D eigenvalue weighted by Crippen LogP contribution is 2.19. The number of hydrogen-bond donors (Lipinski definition) is 2. The van der Waals surface area contributed by atoms with Crippen LogP contribution >= 0.6 is 22.9 Å². The molecule has 0 spiro atoms. The standard InChI is InChI=1S/C11H18ClNOS/c1-8(2)3-10(6-14)13-5-11-4-9(12)7-15-11/h4,7-8,10,13-14H,3,5-6H2,1-2H3. The molecule has 2 nitrogen and oxygen atoms in total. The summed E-state index contributed by atoms with van der Waals surface area (Å²) in [5.74, 6) is 0.599. The number of aliphatic hydroxyl groups excluding tert-OH is 1. The first-order chi connectivity index (χ1) is 7.11. The van der Waals surface area contributed by atoms with Gasteiger partial charge in [0.1, 0.15) is 0 Å². The number of thiophene rings is 1. The third-order valence-corrected chi connectivity index (χ3v) is 3.45. The minimum atomic E-state index is 0.186. The van der Waals surface area contributed by atoms with Gasteiger partial charge in [0, 0.05) is 22.8 Å². The predicted molar refractivity (Wildman–Crippen MR) is 66.5 cm³/mol. The molecule has 15 heavy (non-hydrogen) atoms. The van der Waals surface area contributed by atoms with E-state index < -0.39 is 0 Å². The van der Waals surface area contributed by atoms with E-state index in [1.165, 1.54) is 4.88 Å². The van der Waals surface area contributed by atoms with Crippen LogP contribution < -0.4 is 5.32 Å². The van der Waals surface area contributed by atoms with Crippen molar-refractivity contribution in [1.29, 1.82) is 0 Å². The van der Waals surface area contributed by atoms with E-state index in [2.05, 4.69) is 19.2 Å². The molecule has 1 atom stereocenters. The van der Waals surface area contributed by atoms with Crippen LogP contribution in [0.2, 0.25) is 5.02 Å². The van der Waals surface area contributed by atoms with Gasteiger partial charge in [-0.3, -0.25) is 0 Å². The number of halogens is 1. The number of aliphatic hydroxyl groups is 1. The van der Waals surface area contributed by atoms with Gasteiger partial charge < -0.3 is 10.4 Å². The van der Waals surface area contributed by atoms with Crippen LogP contribution in [0.5, 0.6) is 0 Å². The zero-order chi connectivity index (χ0) is 11.3. The molecule has 0 aromatic carbocycles. The molecule has 1 unspecified atom stereocenters. The molecule has 0 saturated heterocycles. The van der Waals surface area contributed by atoms with Crippen LogP contribution in [-0.4, -0.2) is 17.8 Å². The molecule has 0 aliphatic carbocycles. The third kappa shape index (κ3) is 4.98. The highest BCUT2D eigenvalue weighted by atomic mass is 35.5. The van der Waals surface area contributed by atoms with Gasteiger partial charge in [0.25, 0.3) is 0 Å². The second-order valence-electron chi connectivity index (χ2n) is 4.12. The summed E-state index contributed by atoms with van der Waals surface area (Å²) in [6.45, 7) is 5.30. The van der Waals surface area contributed by atoms with Crippen molar-refractivity contribution in [1.82, 2.24) is 5.32 Å². The molecule has 4 heteroatoms. The molecule has 0 aliphatic rings. The van der Waals surface area contributed by atoms with Crippen LogP contribution in [0.25, 0.3) is 0 Å². The maximum absolute atomic E-state index is 9.17. The Morgan fingerprint density at radius 2 is 2.27 bits per heavy atom. The summed E-state index contributed by atoms with van der Waals surface area (Å²) >= 11 is 7.47. The Balaban J connectivity index is 2.34. The van der Waals surface area contributed by atoms with Gasteiger partial charge in [-0.1, -0.05) is 25.4 Å². The monoisotopic (exact) mass is 247 g/mol. The van der Waals surface area contributed by atoms with Crippen LogP contribution in [0.15, 0.2) is 11.4 Å². The van der Waals surface area contributed by atoms with E-state index in [1.54, 1.807) is 11.3 Å². The van der Waals surface area contributed by atoms with Crippen molar-refractivity contribution >= 4 is 22.9 Å². The summed E-state index contributed by atoms with van der Waals surface area (Å²) < 4.78 is 0. The van der Waals surface area contributed by atoms with E-state index in [9.17, 15) is 5.11 Å². The fourth-order valence-electron chi connectivity index (χ4n) is 1.48. The zero-order valence-electron chi connectivity index (χ0n) is 9.16. The van der Waals surface area contributed by atoms with Gasteiger partial charge in [0.2, 0.25) is 0 Å². The van der Waals surface area contributed by atoms with Gasteiger partial charge in [-0.15, -0.1) is 11.3 Å². The topological polar surface area (TPSA) is 32.3 Å². The maximum atomic E-state index is 9.17. The van der Waals surface area contributed by atoms with Crippen molar-refractivity contribution in [3.63, 3.8) is 0 Å². The molecule has 1 aromatic rings. The van der Waals surface area contributed by atoms with E-state index in [1.807, 2.05) is 11.4 Å². The summed E-state index contributed by atoms with van der Waals surface area (Å²) in [7, 11) is 0. The van der Waals surface area contributed by atoms with Gasteiger partial charge in [-0.05, 0) is 18.4 Å². The smallest absolute Gasteiger partial charge is 0.0584 e. The van der Waals surface area contributed by atoms with Crippen molar-refractivity contribution in [2.24, 2.45) is 5.92 Å². The Morgan fingerprint density at radius 3 is 2.73 bits per heavy atom. The number of rotatable bonds is 6. The van der Waals surface area contributed by atoms with E-state index in [4.69, 9.17) is 11.6 Å². The van der Waals surface area contributed by atoms with Crippen LogP contribution in [0.1, 0.15) is 25.1 Å². The molecule has 1 rings (SSSR count). The lowest BCUT2D eigenvalue weighted by atomic mass is 10.0. The van der Waals surface area contributed by atoms with Crippen molar-refractivity contribution in [3.05, 3.63) is 21.3 Å². The van der Waals surface area contributed by atoms with Crippen molar-refractivity contribution in [2.45, 2.75) is 32.9 Å². The second kappa shape index (κ2) is 6.48. The maximum Gasteiger partial charge on any atom is 0.0584 e. The zero-order valence-corrected chi connectivity index (χ0v) is 10.7. The second-order valence-corrected chi connectivity index (χ2v) is 5.55. The molecule has 0 aliphatic heterocycles. The molecular formula is C11H18ClNOS.